The van der Waals surface area contributed by atoms with Gasteiger partial charge >= 0.3 is 0 Å². The Morgan fingerprint density at radius 1 is 0.913 bits per heavy atom. The van der Waals surface area contributed by atoms with Crippen molar-refractivity contribution >= 4 is 11.9 Å². The van der Waals surface area contributed by atoms with Crippen LogP contribution in [0.15, 0.2) is 41.4 Å². The van der Waals surface area contributed by atoms with Crippen molar-refractivity contribution in [1.82, 2.24) is 0 Å². The van der Waals surface area contributed by atoms with Crippen LogP contribution in [0.2, 0.25) is 0 Å². The number of nitrogens with zero attached hydrogens (tertiary/aromatic N) is 1. The molecule has 0 saturated carbocycles. The fourth-order valence-corrected chi connectivity index (χ4v) is 2.11. The Morgan fingerprint density at radius 3 is 2.00 bits per heavy atom. The number of rotatable bonds is 7. The van der Waals surface area contributed by atoms with Crippen LogP contribution in [0.3, 0.4) is 0 Å². The van der Waals surface area contributed by atoms with Gasteiger partial charge in [0.1, 0.15) is 5.75 Å². The lowest BCUT2D eigenvalue weighted by molar-refractivity contribution is 0.324. The van der Waals surface area contributed by atoms with E-state index in [1.165, 1.54) is 0 Å². The summed E-state index contributed by atoms with van der Waals surface area (Å²) in [6.07, 6.45) is 1.77. The minimum atomic E-state index is 0.551. The molecule has 0 atom stereocenters. The van der Waals surface area contributed by atoms with Crippen LogP contribution in [0.25, 0.3) is 0 Å². The highest BCUT2D eigenvalue weighted by Gasteiger charge is 2.12. The third-order valence-corrected chi connectivity index (χ3v) is 3.20. The fourth-order valence-electron chi connectivity index (χ4n) is 2.11. The minimum Gasteiger partial charge on any atom is -0.494 e. The molecule has 0 fully saturated rings. The highest BCUT2D eigenvalue weighted by Crippen LogP contribution is 2.40. The van der Waals surface area contributed by atoms with Gasteiger partial charge in [-0.05, 0) is 36.8 Å². The zero-order valence-corrected chi connectivity index (χ0v) is 13.8. The van der Waals surface area contributed by atoms with E-state index in [0.717, 1.165) is 11.3 Å². The van der Waals surface area contributed by atoms with Crippen molar-refractivity contribution in [3.05, 3.63) is 42.0 Å². The maximum atomic E-state index is 5.42. The summed E-state index contributed by atoms with van der Waals surface area (Å²) in [6, 6.07) is 11.3. The second-order valence-corrected chi connectivity index (χ2v) is 4.64. The van der Waals surface area contributed by atoms with Gasteiger partial charge in [-0.3, -0.25) is 4.99 Å². The number of aliphatic imine (C=N–C) groups is 1. The van der Waals surface area contributed by atoms with Crippen molar-refractivity contribution in [2.75, 3.05) is 27.9 Å². The summed E-state index contributed by atoms with van der Waals surface area (Å²) in [5, 5.41) is 0. The summed E-state index contributed by atoms with van der Waals surface area (Å²) >= 11 is 0. The molecule has 0 unspecified atom stereocenters. The van der Waals surface area contributed by atoms with Gasteiger partial charge in [0.15, 0.2) is 11.5 Å². The molecule has 0 amide bonds. The van der Waals surface area contributed by atoms with Gasteiger partial charge in [0.25, 0.3) is 0 Å². The van der Waals surface area contributed by atoms with Gasteiger partial charge in [0, 0.05) is 18.3 Å². The highest BCUT2D eigenvalue weighted by molar-refractivity contribution is 5.82. The summed E-state index contributed by atoms with van der Waals surface area (Å²) in [5.74, 6) is 2.55. The zero-order valence-electron chi connectivity index (χ0n) is 13.8. The zero-order chi connectivity index (χ0) is 16.7. The van der Waals surface area contributed by atoms with Gasteiger partial charge in [-0.2, -0.15) is 0 Å². The molecular weight excluding hydrogens is 294 g/mol. The molecule has 5 nitrogen and oxygen atoms in total. The first-order chi connectivity index (χ1) is 11.2. The molecule has 0 N–H and O–H groups in total. The van der Waals surface area contributed by atoms with Crippen LogP contribution < -0.4 is 18.9 Å². The lowest BCUT2D eigenvalue weighted by Gasteiger charge is -2.12. The summed E-state index contributed by atoms with van der Waals surface area (Å²) in [5.41, 5.74) is 1.69. The van der Waals surface area contributed by atoms with Crippen molar-refractivity contribution in [2.24, 2.45) is 4.99 Å². The van der Waals surface area contributed by atoms with E-state index in [9.17, 15) is 0 Å². The Hall–Kier alpha value is -2.69. The standard InChI is InChI=1S/C18H21NO4/c1-5-23-15-8-6-13(7-9-15)12-19-14-10-16(20-2)18(22-4)17(11-14)21-3/h6-12H,5H2,1-4H3. The van der Waals surface area contributed by atoms with Crippen molar-refractivity contribution in [3.8, 4) is 23.0 Å². The minimum absolute atomic E-state index is 0.551. The predicted molar refractivity (Wildman–Crippen MR) is 91.0 cm³/mol. The van der Waals surface area contributed by atoms with Crippen molar-refractivity contribution in [1.29, 1.82) is 0 Å². The summed E-state index contributed by atoms with van der Waals surface area (Å²) < 4.78 is 21.4. The molecule has 2 rings (SSSR count). The smallest absolute Gasteiger partial charge is 0.203 e. The molecule has 0 saturated heterocycles. The maximum absolute atomic E-state index is 5.42. The van der Waals surface area contributed by atoms with Crippen LogP contribution in [-0.4, -0.2) is 34.2 Å². The van der Waals surface area contributed by atoms with Gasteiger partial charge < -0.3 is 18.9 Å². The summed E-state index contributed by atoms with van der Waals surface area (Å²) in [6.45, 7) is 2.61. The molecule has 0 bridgehead atoms. The molecule has 2 aromatic rings. The molecule has 2 aromatic carbocycles. The fraction of sp³-hybridized carbons (Fsp3) is 0.278. The quantitative estimate of drug-likeness (QED) is 0.728. The molecule has 0 aliphatic carbocycles. The van der Waals surface area contributed by atoms with Crippen LogP contribution in [0, 0.1) is 0 Å². The number of hydrogen-bond donors (Lipinski definition) is 0. The number of hydrogen-bond acceptors (Lipinski definition) is 5. The Balaban J connectivity index is 2.24. The number of benzene rings is 2. The van der Waals surface area contributed by atoms with E-state index < -0.39 is 0 Å². The first kappa shape index (κ1) is 16.7. The molecule has 0 spiro atoms. The molecular formula is C18H21NO4. The second-order valence-electron chi connectivity index (χ2n) is 4.64. The van der Waals surface area contributed by atoms with E-state index in [2.05, 4.69) is 4.99 Å². The molecule has 0 radical (unpaired) electrons. The Bertz CT molecular complexity index is 640. The van der Waals surface area contributed by atoms with Gasteiger partial charge in [-0.15, -0.1) is 0 Å². The molecule has 0 aromatic heterocycles. The average molecular weight is 315 g/mol. The van der Waals surface area contributed by atoms with Crippen LogP contribution in [0.1, 0.15) is 12.5 Å². The Labute approximate surface area is 136 Å². The van der Waals surface area contributed by atoms with E-state index in [1.54, 1.807) is 39.7 Å². The van der Waals surface area contributed by atoms with Crippen molar-refractivity contribution in [3.63, 3.8) is 0 Å². The molecule has 23 heavy (non-hydrogen) atoms. The van der Waals surface area contributed by atoms with Crippen molar-refractivity contribution < 1.29 is 18.9 Å². The Morgan fingerprint density at radius 2 is 1.52 bits per heavy atom. The number of methoxy groups -OCH3 is 3. The molecule has 0 aliphatic heterocycles. The third-order valence-electron chi connectivity index (χ3n) is 3.20. The van der Waals surface area contributed by atoms with Crippen molar-refractivity contribution in [2.45, 2.75) is 6.92 Å². The van der Waals surface area contributed by atoms with Crippen LogP contribution in [-0.2, 0) is 0 Å². The van der Waals surface area contributed by atoms with Gasteiger partial charge in [0.05, 0.1) is 33.6 Å². The monoisotopic (exact) mass is 315 g/mol. The van der Waals surface area contributed by atoms with Crippen LogP contribution in [0.5, 0.6) is 23.0 Å². The topological polar surface area (TPSA) is 49.3 Å². The Kier molecular flexibility index (Phi) is 5.86. The van der Waals surface area contributed by atoms with E-state index >= 15 is 0 Å². The van der Waals surface area contributed by atoms with Gasteiger partial charge in [-0.1, -0.05) is 0 Å². The number of ether oxygens (including phenoxy) is 4. The summed E-state index contributed by atoms with van der Waals surface area (Å²) in [7, 11) is 4.73. The molecule has 0 aliphatic rings. The van der Waals surface area contributed by atoms with Crippen LogP contribution in [0.4, 0.5) is 5.69 Å². The maximum Gasteiger partial charge on any atom is 0.203 e. The van der Waals surface area contributed by atoms with Gasteiger partial charge in [-0.25, -0.2) is 0 Å². The molecule has 122 valence electrons. The first-order valence-corrected chi connectivity index (χ1v) is 7.28. The SMILES string of the molecule is CCOc1ccc(C=Nc2cc(OC)c(OC)c(OC)c2)cc1. The summed E-state index contributed by atoms with van der Waals surface area (Å²) in [4.78, 5) is 4.46. The molecule has 5 heteroatoms. The van der Waals surface area contributed by atoms with E-state index in [0.29, 0.717) is 29.5 Å². The van der Waals surface area contributed by atoms with E-state index in [1.807, 2.05) is 31.2 Å². The normalized spacial score (nSPS) is 10.6. The van der Waals surface area contributed by atoms with Crippen LogP contribution >= 0.6 is 0 Å². The van der Waals surface area contributed by atoms with E-state index in [-0.39, 0.29) is 0 Å². The predicted octanol–water partition coefficient (Wildman–Crippen LogP) is 3.86. The lowest BCUT2D eigenvalue weighted by atomic mass is 10.2. The largest absolute Gasteiger partial charge is 0.494 e. The molecule has 0 heterocycles. The lowest BCUT2D eigenvalue weighted by Crippen LogP contribution is -1.94. The highest BCUT2D eigenvalue weighted by atomic mass is 16.5. The van der Waals surface area contributed by atoms with E-state index in [4.69, 9.17) is 18.9 Å². The second kappa shape index (κ2) is 8.08. The third kappa shape index (κ3) is 4.16. The first-order valence-electron chi connectivity index (χ1n) is 7.28. The van der Waals surface area contributed by atoms with Gasteiger partial charge in [0.2, 0.25) is 5.75 Å². The average Bonchev–Trinajstić information content (AvgIpc) is 2.60.